The molecule has 1 fully saturated rings. The molecule has 0 aromatic heterocycles. The van der Waals surface area contributed by atoms with Crippen LogP contribution in [0.25, 0.3) is 0 Å². The summed E-state index contributed by atoms with van der Waals surface area (Å²) >= 11 is 6.86. The van der Waals surface area contributed by atoms with Crippen LogP contribution in [0.5, 0.6) is 5.75 Å². The molecular formula is C21H24Br2N2O6S. The van der Waals surface area contributed by atoms with Gasteiger partial charge >= 0.3 is 0 Å². The van der Waals surface area contributed by atoms with E-state index in [2.05, 4.69) is 37.3 Å². The van der Waals surface area contributed by atoms with Gasteiger partial charge in [0.15, 0.2) is 6.29 Å². The number of hydroxylamine groups is 1. The first-order valence-electron chi connectivity index (χ1n) is 9.94. The molecule has 2 aromatic carbocycles. The lowest BCUT2D eigenvalue weighted by atomic mass is 10.2. The Labute approximate surface area is 204 Å². The van der Waals surface area contributed by atoms with Gasteiger partial charge in [-0.3, -0.25) is 4.79 Å². The summed E-state index contributed by atoms with van der Waals surface area (Å²) in [5.74, 6) is -0.0493. The molecule has 1 heterocycles. The smallest absolute Gasteiger partial charge is 0.258 e. The van der Waals surface area contributed by atoms with Crippen molar-refractivity contribution in [1.29, 1.82) is 0 Å². The molecule has 1 atom stereocenters. The number of nitrogens with one attached hydrogen (secondary N) is 1. The van der Waals surface area contributed by atoms with Gasteiger partial charge in [-0.05, 0) is 60.9 Å². The molecule has 1 aliphatic rings. The van der Waals surface area contributed by atoms with E-state index in [4.69, 9.17) is 14.3 Å². The first-order chi connectivity index (χ1) is 15.2. The minimum atomic E-state index is -3.85. The Kier molecular flexibility index (Phi) is 9.09. The van der Waals surface area contributed by atoms with Crippen molar-refractivity contribution in [1.82, 2.24) is 9.79 Å². The lowest BCUT2D eigenvalue weighted by molar-refractivity contribution is -0.200. The molecule has 1 N–H and O–H groups in total. The van der Waals surface area contributed by atoms with Crippen LogP contribution in [0, 0.1) is 0 Å². The Morgan fingerprint density at radius 3 is 2.47 bits per heavy atom. The Morgan fingerprint density at radius 1 is 1.16 bits per heavy atom. The summed E-state index contributed by atoms with van der Waals surface area (Å²) in [5.41, 5.74) is 3.21. The largest absolute Gasteiger partial charge is 0.489 e. The molecule has 0 saturated carbocycles. The van der Waals surface area contributed by atoms with Gasteiger partial charge in [0.05, 0.1) is 11.4 Å². The lowest BCUT2D eigenvalue weighted by Gasteiger charge is -2.23. The van der Waals surface area contributed by atoms with Crippen molar-refractivity contribution in [2.75, 3.05) is 20.2 Å². The summed E-state index contributed by atoms with van der Waals surface area (Å²) in [6, 6.07) is 11.9. The highest BCUT2D eigenvalue weighted by Gasteiger charge is 2.24. The Hall–Kier alpha value is -1.50. The van der Waals surface area contributed by atoms with Crippen LogP contribution in [0.3, 0.4) is 0 Å². The predicted octanol–water partition coefficient (Wildman–Crippen LogP) is 3.99. The number of likely N-dealkylation sites (N-methyl/N-ethyl adjacent to an activating group) is 1. The maximum atomic E-state index is 12.8. The number of amides is 1. The van der Waals surface area contributed by atoms with Crippen molar-refractivity contribution in [3.05, 3.63) is 57.0 Å². The number of hydrogen-bond acceptors (Lipinski definition) is 6. The second-order valence-corrected chi connectivity index (χ2v) is 11.1. The van der Waals surface area contributed by atoms with Gasteiger partial charge in [-0.2, -0.15) is 4.31 Å². The van der Waals surface area contributed by atoms with E-state index in [1.807, 2.05) is 18.2 Å². The van der Waals surface area contributed by atoms with Gasteiger partial charge < -0.3 is 9.47 Å². The minimum absolute atomic E-state index is 0.0573. The molecule has 0 bridgehead atoms. The van der Waals surface area contributed by atoms with E-state index in [1.165, 1.54) is 19.2 Å². The van der Waals surface area contributed by atoms with Gasteiger partial charge in [-0.1, -0.05) is 31.9 Å². The highest BCUT2D eigenvalue weighted by Crippen LogP contribution is 2.23. The minimum Gasteiger partial charge on any atom is -0.489 e. The summed E-state index contributed by atoms with van der Waals surface area (Å²) in [7, 11) is -2.52. The van der Waals surface area contributed by atoms with Crippen molar-refractivity contribution in [2.24, 2.45) is 0 Å². The van der Waals surface area contributed by atoms with E-state index in [1.54, 1.807) is 12.1 Å². The highest BCUT2D eigenvalue weighted by atomic mass is 79.9. The summed E-state index contributed by atoms with van der Waals surface area (Å²) in [5, 5.41) is 0. The normalized spacial score (nSPS) is 16.7. The molecule has 174 valence electrons. The van der Waals surface area contributed by atoms with Gasteiger partial charge in [-0.15, -0.1) is 0 Å². The summed E-state index contributed by atoms with van der Waals surface area (Å²) < 4.78 is 39.4. The van der Waals surface area contributed by atoms with Crippen molar-refractivity contribution in [3.8, 4) is 5.75 Å². The Morgan fingerprint density at radius 2 is 1.84 bits per heavy atom. The second-order valence-electron chi connectivity index (χ2n) is 7.24. The number of nitrogens with zero attached hydrogens (tertiary/aromatic N) is 1. The fourth-order valence-corrected chi connectivity index (χ4v) is 5.52. The number of sulfonamides is 1. The van der Waals surface area contributed by atoms with Gasteiger partial charge in [0.1, 0.15) is 12.4 Å². The van der Waals surface area contributed by atoms with Crippen molar-refractivity contribution >= 4 is 47.8 Å². The third kappa shape index (κ3) is 7.26. The van der Waals surface area contributed by atoms with Crippen LogP contribution in [-0.2, 0) is 31.0 Å². The maximum absolute atomic E-state index is 12.8. The van der Waals surface area contributed by atoms with E-state index in [0.29, 0.717) is 25.4 Å². The highest BCUT2D eigenvalue weighted by molar-refractivity contribution is 9.11. The van der Waals surface area contributed by atoms with Crippen LogP contribution in [0.2, 0.25) is 0 Å². The summed E-state index contributed by atoms with van der Waals surface area (Å²) in [6.45, 7) is 0.523. The molecule has 3 rings (SSSR count). The average Bonchev–Trinajstić information content (AvgIpc) is 2.76. The molecule has 0 aliphatic carbocycles. The van der Waals surface area contributed by atoms with Crippen molar-refractivity contribution in [2.45, 2.75) is 37.1 Å². The zero-order chi connectivity index (χ0) is 23.1. The topological polar surface area (TPSA) is 94.2 Å². The molecule has 1 aliphatic heterocycles. The Bertz CT molecular complexity index is 1010. The molecule has 1 saturated heterocycles. The van der Waals surface area contributed by atoms with Crippen molar-refractivity contribution < 1.29 is 27.5 Å². The van der Waals surface area contributed by atoms with Crippen LogP contribution in [0.15, 0.2) is 56.3 Å². The summed E-state index contributed by atoms with van der Waals surface area (Å²) in [4.78, 5) is 17.3. The van der Waals surface area contributed by atoms with E-state index in [-0.39, 0.29) is 11.4 Å². The number of rotatable bonds is 9. The fraction of sp³-hybridized carbons (Fsp3) is 0.381. The first-order valence-corrected chi connectivity index (χ1v) is 13.0. The van der Waals surface area contributed by atoms with Crippen LogP contribution in [0.1, 0.15) is 24.8 Å². The third-order valence-electron chi connectivity index (χ3n) is 4.67. The van der Waals surface area contributed by atoms with Crippen molar-refractivity contribution in [3.63, 3.8) is 0 Å². The number of halogens is 2. The molecule has 0 spiro atoms. The van der Waals surface area contributed by atoms with Gasteiger partial charge in [0.2, 0.25) is 10.0 Å². The number of hydrogen-bond donors (Lipinski definition) is 1. The number of carbonyl (C=O) groups is 1. The molecule has 0 radical (unpaired) electrons. The number of ether oxygens (including phenoxy) is 2. The molecule has 8 nitrogen and oxygen atoms in total. The zero-order valence-electron chi connectivity index (χ0n) is 17.4. The standard InChI is InChI=1S/C21H24Br2N2O6S/c1-25(13-20(26)24-31-21-4-2-3-9-29-21)32(27,28)19-7-5-18(6-8-19)30-14-15-10-16(22)12-17(23)11-15/h5-8,10-12,21H,2-4,9,13-14H2,1H3,(H,24,26). The molecule has 32 heavy (non-hydrogen) atoms. The summed E-state index contributed by atoms with van der Waals surface area (Å²) in [6.07, 6.45) is 2.09. The second kappa shape index (κ2) is 11.6. The monoisotopic (exact) mass is 590 g/mol. The molecule has 2 aromatic rings. The third-order valence-corrected chi connectivity index (χ3v) is 7.40. The van der Waals surface area contributed by atoms with Gasteiger partial charge in [0.25, 0.3) is 5.91 Å². The Balaban J connectivity index is 1.53. The van der Waals surface area contributed by atoms with Gasteiger partial charge in [-0.25, -0.2) is 18.7 Å². The number of carbonyl (C=O) groups excluding carboxylic acids is 1. The molecule has 1 amide bonds. The molecule has 1 unspecified atom stereocenters. The van der Waals surface area contributed by atoms with Crippen LogP contribution in [-0.4, -0.2) is 45.1 Å². The maximum Gasteiger partial charge on any atom is 0.258 e. The zero-order valence-corrected chi connectivity index (χ0v) is 21.4. The SMILES string of the molecule is CN(CC(=O)NOC1CCCCO1)S(=O)(=O)c1ccc(OCc2cc(Br)cc(Br)c2)cc1. The fourth-order valence-electron chi connectivity index (χ4n) is 3.00. The van der Waals surface area contributed by atoms with E-state index in [0.717, 1.165) is 31.7 Å². The molecule has 11 heteroatoms. The van der Waals surface area contributed by atoms with Crippen LogP contribution < -0.4 is 10.2 Å². The van der Waals surface area contributed by atoms with Gasteiger partial charge in [0, 0.05) is 29.0 Å². The van der Waals surface area contributed by atoms with Crippen LogP contribution in [0.4, 0.5) is 0 Å². The predicted molar refractivity (Wildman–Crippen MR) is 125 cm³/mol. The lowest BCUT2D eigenvalue weighted by Crippen LogP contribution is -2.40. The van der Waals surface area contributed by atoms with E-state index < -0.39 is 22.2 Å². The quantitative estimate of drug-likeness (QED) is 0.443. The first kappa shape index (κ1) is 25.1. The molecular weight excluding hydrogens is 568 g/mol. The van der Waals surface area contributed by atoms with Crippen LogP contribution >= 0.6 is 31.9 Å². The average molecular weight is 592 g/mol. The van der Waals surface area contributed by atoms with E-state index in [9.17, 15) is 13.2 Å². The number of benzene rings is 2. The van der Waals surface area contributed by atoms with E-state index >= 15 is 0 Å².